The molecule has 5 nitrogen and oxygen atoms in total. The van der Waals surface area contributed by atoms with Crippen molar-refractivity contribution in [3.8, 4) is 0 Å². The van der Waals surface area contributed by atoms with E-state index in [4.69, 9.17) is 5.11 Å². The van der Waals surface area contributed by atoms with Crippen LogP contribution < -0.4 is 10.2 Å². The molecule has 20 heavy (non-hydrogen) atoms. The van der Waals surface area contributed by atoms with Gasteiger partial charge in [0, 0.05) is 37.5 Å². The zero-order valence-corrected chi connectivity index (χ0v) is 12.2. The van der Waals surface area contributed by atoms with Crippen LogP contribution in [-0.4, -0.2) is 31.1 Å². The highest BCUT2D eigenvalue weighted by atomic mass is 16.4. The maximum Gasteiger partial charge on any atom is 0.331 e. The highest BCUT2D eigenvalue weighted by Gasteiger charge is 2.12. The Morgan fingerprint density at radius 1 is 1.10 bits per heavy atom. The first kappa shape index (κ1) is 15.8. The summed E-state index contributed by atoms with van der Waals surface area (Å²) in [5, 5.41) is 11.5. The molecular formula is C15H20N2O3. The van der Waals surface area contributed by atoms with Gasteiger partial charge in [-0.25, -0.2) is 4.79 Å². The van der Waals surface area contributed by atoms with Crippen molar-refractivity contribution in [3.63, 3.8) is 0 Å². The van der Waals surface area contributed by atoms with Gasteiger partial charge in [0.2, 0.25) is 5.91 Å². The maximum atomic E-state index is 11.8. The third-order valence-corrected chi connectivity index (χ3v) is 3.13. The van der Waals surface area contributed by atoms with E-state index >= 15 is 0 Å². The molecule has 2 N–H and O–H groups in total. The number of carbonyl (C=O) groups is 2. The van der Waals surface area contributed by atoms with Crippen LogP contribution in [0.3, 0.4) is 0 Å². The Morgan fingerprint density at radius 2 is 1.65 bits per heavy atom. The Morgan fingerprint density at radius 3 is 2.10 bits per heavy atom. The van der Waals surface area contributed by atoms with E-state index in [-0.39, 0.29) is 17.1 Å². The van der Waals surface area contributed by atoms with Crippen molar-refractivity contribution in [2.75, 3.05) is 19.0 Å². The lowest BCUT2D eigenvalue weighted by molar-refractivity contribution is -0.133. The van der Waals surface area contributed by atoms with Crippen molar-refractivity contribution in [2.24, 2.45) is 0 Å². The Hall–Kier alpha value is -2.30. The molecule has 0 bridgehead atoms. The lowest BCUT2D eigenvalue weighted by atomic mass is 10.1. The topological polar surface area (TPSA) is 69.6 Å². The molecule has 1 aromatic carbocycles. The molecule has 0 aromatic heterocycles. The van der Waals surface area contributed by atoms with Crippen molar-refractivity contribution in [1.82, 2.24) is 5.32 Å². The molecule has 1 amide bonds. The Kier molecular flexibility index (Phi) is 5.32. The number of aliphatic carboxylic acids is 1. The zero-order chi connectivity index (χ0) is 15.3. The largest absolute Gasteiger partial charge is 0.478 e. The minimum atomic E-state index is -1.08. The Labute approximate surface area is 118 Å². The van der Waals surface area contributed by atoms with Crippen LogP contribution in [0.1, 0.15) is 19.4 Å². The van der Waals surface area contributed by atoms with Crippen molar-refractivity contribution in [3.05, 3.63) is 41.0 Å². The van der Waals surface area contributed by atoms with Crippen LogP contribution in [-0.2, 0) is 16.1 Å². The van der Waals surface area contributed by atoms with Crippen molar-refractivity contribution < 1.29 is 14.7 Å². The molecule has 1 rings (SSSR count). The molecule has 108 valence electrons. The summed E-state index contributed by atoms with van der Waals surface area (Å²) in [5.41, 5.74) is 2.33. The highest BCUT2D eigenvalue weighted by Crippen LogP contribution is 2.12. The van der Waals surface area contributed by atoms with Gasteiger partial charge in [-0.15, -0.1) is 0 Å². The quantitative estimate of drug-likeness (QED) is 0.804. The minimum absolute atomic E-state index is 0.0606. The van der Waals surface area contributed by atoms with E-state index in [1.807, 2.05) is 43.3 Å². The first-order valence-corrected chi connectivity index (χ1v) is 6.28. The molecule has 0 unspecified atom stereocenters. The van der Waals surface area contributed by atoms with Gasteiger partial charge in [0.05, 0.1) is 0 Å². The predicted molar refractivity (Wildman–Crippen MR) is 78.6 cm³/mol. The molecule has 0 saturated heterocycles. The zero-order valence-electron chi connectivity index (χ0n) is 12.2. The van der Waals surface area contributed by atoms with Crippen LogP contribution in [0.4, 0.5) is 5.69 Å². The summed E-state index contributed by atoms with van der Waals surface area (Å²) in [6.07, 6.45) is 0. The smallest absolute Gasteiger partial charge is 0.331 e. The van der Waals surface area contributed by atoms with Crippen LogP contribution in [0, 0.1) is 0 Å². The fraction of sp³-hybridized carbons (Fsp3) is 0.333. The summed E-state index contributed by atoms with van der Waals surface area (Å²) in [6, 6.07) is 7.79. The molecule has 1 aromatic rings. The Bertz CT molecular complexity index is 531. The van der Waals surface area contributed by atoms with E-state index in [1.165, 1.54) is 13.8 Å². The number of carbonyl (C=O) groups excluding carboxylic acids is 1. The fourth-order valence-electron chi connectivity index (χ4n) is 1.56. The SMILES string of the molecule is CC(C(=O)O)=C(C)C(=O)NCc1ccc(N(C)C)cc1. The fourth-order valence-corrected chi connectivity index (χ4v) is 1.56. The first-order chi connectivity index (χ1) is 9.32. The molecule has 5 heteroatoms. The second kappa shape index (κ2) is 6.75. The molecule has 0 aliphatic carbocycles. The van der Waals surface area contributed by atoms with Crippen molar-refractivity contribution >= 4 is 17.6 Å². The van der Waals surface area contributed by atoms with Gasteiger partial charge in [-0.1, -0.05) is 12.1 Å². The summed E-state index contributed by atoms with van der Waals surface area (Å²) >= 11 is 0. The average molecular weight is 276 g/mol. The molecule has 0 radical (unpaired) electrons. The van der Waals surface area contributed by atoms with Gasteiger partial charge in [-0.05, 0) is 31.5 Å². The normalized spacial score (nSPS) is 11.6. The number of hydrogen-bond acceptors (Lipinski definition) is 3. The van der Waals surface area contributed by atoms with Crippen LogP contribution in [0.2, 0.25) is 0 Å². The van der Waals surface area contributed by atoms with Gasteiger partial charge in [0.15, 0.2) is 0 Å². The van der Waals surface area contributed by atoms with Gasteiger partial charge in [0.25, 0.3) is 0 Å². The van der Waals surface area contributed by atoms with E-state index < -0.39 is 5.97 Å². The van der Waals surface area contributed by atoms with Gasteiger partial charge in [-0.2, -0.15) is 0 Å². The standard InChI is InChI=1S/C15H20N2O3/c1-10(11(2)15(19)20)14(18)16-9-12-5-7-13(8-6-12)17(3)4/h5-8H,9H2,1-4H3,(H,16,18)(H,19,20). The van der Waals surface area contributed by atoms with Crippen LogP contribution in [0.5, 0.6) is 0 Å². The number of rotatable bonds is 5. The number of carboxylic acids is 1. The second-order valence-electron chi connectivity index (χ2n) is 4.80. The molecule has 0 heterocycles. The van der Waals surface area contributed by atoms with Gasteiger partial charge >= 0.3 is 5.97 Å². The molecule has 0 spiro atoms. The third kappa shape index (κ3) is 4.12. The number of hydrogen-bond donors (Lipinski definition) is 2. The lowest BCUT2D eigenvalue weighted by Crippen LogP contribution is -2.25. The van der Waals surface area contributed by atoms with E-state index in [0.717, 1.165) is 11.3 Å². The number of nitrogens with one attached hydrogen (secondary N) is 1. The monoisotopic (exact) mass is 276 g/mol. The van der Waals surface area contributed by atoms with E-state index in [2.05, 4.69) is 5.32 Å². The summed E-state index contributed by atoms with van der Waals surface area (Å²) in [4.78, 5) is 24.6. The summed E-state index contributed by atoms with van der Waals surface area (Å²) < 4.78 is 0. The number of amides is 1. The van der Waals surface area contributed by atoms with E-state index in [9.17, 15) is 9.59 Å². The van der Waals surface area contributed by atoms with Crippen LogP contribution in [0.15, 0.2) is 35.4 Å². The molecule has 0 aliphatic rings. The number of benzene rings is 1. The lowest BCUT2D eigenvalue weighted by Gasteiger charge is -2.13. The molecule has 0 saturated carbocycles. The van der Waals surface area contributed by atoms with Crippen LogP contribution in [0.25, 0.3) is 0 Å². The number of anilines is 1. The first-order valence-electron chi connectivity index (χ1n) is 6.28. The Balaban J connectivity index is 2.66. The van der Waals surface area contributed by atoms with Crippen molar-refractivity contribution in [2.45, 2.75) is 20.4 Å². The minimum Gasteiger partial charge on any atom is -0.478 e. The summed E-state index contributed by atoms with van der Waals surface area (Å²) in [5.74, 6) is -1.44. The molecule has 0 atom stereocenters. The van der Waals surface area contributed by atoms with Crippen molar-refractivity contribution in [1.29, 1.82) is 0 Å². The third-order valence-electron chi connectivity index (χ3n) is 3.13. The van der Waals surface area contributed by atoms with Gasteiger partial charge in [-0.3, -0.25) is 4.79 Å². The maximum absolute atomic E-state index is 11.8. The van der Waals surface area contributed by atoms with E-state index in [0.29, 0.717) is 6.54 Å². The van der Waals surface area contributed by atoms with Gasteiger partial charge in [0.1, 0.15) is 0 Å². The summed E-state index contributed by atoms with van der Waals surface area (Å²) in [7, 11) is 3.92. The average Bonchev–Trinajstić information content (AvgIpc) is 2.43. The molecular weight excluding hydrogens is 256 g/mol. The summed E-state index contributed by atoms with van der Waals surface area (Å²) in [6.45, 7) is 3.30. The molecule has 0 aliphatic heterocycles. The van der Waals surface area contributed by atoms with Gasteiger partial charge < -0.3 is 15.3 Å². The van der Waals surface area contributed by atoms with E-state index in [1.54, 1.807) is 0 Å². The number of carboxylic acid groups (broad SMARTS) is 1. The number of nitrogens with zero attached hydrogens (tertiary/aromatic N) is 1. The second-order valence-corrected chi connectivity index (χ2v) is 4.80. The predicted octanol–water partition coefficient (Wildman–Crippen LogP) is 1.79. The molecule has 0 fully saturated rings. The highest BCUT2D eigenvalue weighted by molar-refractivity contribution is 6.01. The van der Waals surface area contributed by atoms with Crippen LogP contribution >= 0.6 is 0 Å².